The molecule has 5 N–H and O–H groups in total. The summed E-state index contributed by atoms with van der Waals surface area (Å²) >= 11 is 0. The van der Waals surface area contributed by atoms with Gasteiger partial charge in [0.2, 0.25) is 11.8 Å². The van der Waals surface area contributed by atoms with Crippen LogP contribution in [0, 0.1) is 23.7 Å². The maximum atomic E-state index is 14.0. The Balaban J connectivity index is 0.949. The molecule has 0 saturated carbocycles. The zero-order chi connectivity index (χ0) is 43.7. The highest BCUT2D eigenvalue weighted by Crippen LogP contribution is 2.38. The molecule has 3 fully saturated rings. The van der Waals surface area contributed by atoms with E-state index in [1.807, 2.05) is 24.9 Å². The standard InChI is InChI=1S/C47H56N8O7/c1-26(2)40(53-47(60)61-5)44(56)54-24-27(3)18-38(54)43-49-23-37(51-43)35-13-12-33-20-32(10-11-34(33)21-35)29-6-8-30(9-7-29)36-22-48-42(50-36)39-19-28(4)25-55(39)45(57)41(52-46(58)59)31-14-16-62-17-15-31/h6-13,20-23,26-28,31,38-41,52H,14-19,24-25H2,1-5H3,(H,48,50)(H,49,51)(H,53,60)(H,58,59)/t27?,28-,38?,39-,40-,41-/m0/s1. The number of carboxylic acid groups (broad SMARTS) is 1. The summed E-state index contributed by atoms with van der Waals surface area (Å²) in [6.45, 7) is 10.2. The Morgan fingerprint density at radius 2 is 1.26 bits per heavy atom. The number of nitrogens with zero attached hydrogens (tertiary/aromatic N) is 4. The molecule has 2 unspecified atom stereocenters. The molecule has 0 aliphatic carbocycles. The lowest BCUT2D eigenvalue weighted by molar-refractivity contribution is -0.137. The Kier molecular flexibility index (Phi) is 12.3. The number of H-pyrrole nitrogens is 2. The number of likely N-dealkylation sites (tertiary alicyclic amines) is 2. The van der Waals surface area contributed by atoms with Crippen molar-refractivity contribution in [2.24, 2.45) is 23.7 Å². The van der Waals surface area contributed by atoms with Gasteiger partial charge in [-0.3, -0.25) is 9.59 Å². The highest BCUT2D eigenvalue weighted by atomic mass is 16.5. The lowest BCUT2D eigenvalue weighted by Crippen LogP contribution is -2.53. The van der Waals surface area contributed by atoms with Crippen LogP contribution in [0.25, 0.3) is 44.4 Å². The Morgan fingerprint density at radius 1 is 0.742 bits per heavy atom. The Hall–Kier alpha value is -6.22. The summed E-state index contributed by atoms with van der Waals surface area (Å²) in [6.07, 6.45) is 4.55. The van der Waals surface area contributed by atoms with Crippen molar-refractivity contribution in [2.45, 2.75) is 77.5 Å². The van der Waals surface area contributed by atoms with Crippen molar-refractivity contribution in [3.8, 4) is 33.6 Å². The molecule has 15 nitrogen and oxygen atoms in total. The van der Waals surface area contributed by atoms with Gasteiger partial charge in [-0.15, -0.1) is 0 Å². The summed E-state index contributed by atoms with van der Waals surface area (Å²) in [6, 6.07) is 19.0. The number of aromatic nitrogens is 4. The molecule has 3 aromatic carbocycles. The number of alkyl carbamates (subject to hydrolysis) is 1. The first-order valence-electron chi connectivity index (χ1n) is 21.6. The van der Waals surface area contributed by atoms with E-state index in [1.54, 1.807) is 11.1 Å². The molecule has 3 aliphatic rings. The zero-order valence-electron chi connectivity index (χ0n) is 35.9. The number of fused-ring (bicyclic) bond motifs is 1. The van der Waals surface area contributed by atoms with E-state index in [4.69, 9.17) is 19.4 Å². The van der Waals surface area contributed by atoms with E-state index in [2.05, 4.69) is 95.1 Å². The van der Waals surface area contributed by atoms with Gasteiger partial charge in [0.05, 0.1) is 43.0 Å². The highest BCUT2D eigenvalue weighted by Gasteiger charge is 2.43. The number of aromatic amines is 2. The molecule has 5 aromatic rings. The van der Waals surface area contributed by atoms with Crippen molar-refractivity contribution in [2.75, 3.05) is 33.4 Å². The molecule has 62 heavy (non-hydrogen) atoms. The van der Waals surface area contributed by atoms with Crippen molar-refractivity contribution in [1.29, 1.82) is 0 Å². The van der Waals surface area contributed by atoms with E-state index < -0.39 is 24.3 Å². The molecule has 4 amide bonds. The van der Waals surface area contributed by atoms with E-state index >= 15 is 0 Å². The highest BCUT2D eigenvalue weighted by molar-refractivity contribution is 5.91. The monoisotopic (exact) mass is 844 g/mol. The Bertz CT molecular complexity index is 2420. The van der Waals surface area contributed by atoms with Gasteiger partial charge in [-0.2, -0.15) is 0 Å². The average Bonchev–Trinajstić information content (AvgIpc) is 4.11. The normalized spacial score (nSPS) is 21.6. The van der Waals surface area contributed by atoms with Crippen molar-refractivity contribution in [3.05, 3.63) is 84.7 Å². The number of methoxy groups -OCH3 is 1. The molecule has 5 heterocycles. The molecule has 2 aromatic heterocycles. The lowest BCUT2D eigenvalue weighted by Gasteiger charge is -2.34. The van der Waals surface area contributed by atoms with Gasteiger partial charge in [-0.1, -0.05) is 76.2 Å². The fraction of sp³-hybridized carbons (Fsp3) is 0.447. The molecular formula is C47H56N8O7. The second-order valence-corrected chi connectivity index (χ2v) is 17.6. The second kappa shape index (κ2) is 18.0. The molecule has 15 heteroatoms. The summed E-state index contributed by atoms with van der Waals surface area (Å²) in [7, 11) is 1.29. The van der Waals surface area contributed by atoms with Gasteiger partial charge in [0.25, 0.3) is 0 Å². The lowest BCUT2D eigenvalue weighted by atomic mass is 9.90. The van der Waals surface area contributed by atoms with E-state index in [0.717, 1.165) is 63.1 Å². The third kappa shape index (κ3) is 8.89. The molecule has 0 radical (unpaired) electrons. The van der Waals surface area contributed by atoms with E-state index in [1.165, 1.54) is 7.11 Å². The van der Waals surface area contributed by atoms with Gasteiger partial charge in [0.1, 0.15) is 23.7 Å². The molecule has 0 bridgehead atoms. The van der Waals surface area contributed by atoms with Crippen LogP contribution in [0.4, 0.5) is 9.59 Å². The van der Waals surface area contributed by atoms with Gasteiger partial charge < -0.3 is 45.0 Å². The van der Waals surface area contributed by atoms with Crippen LogP contribution in [0.3, 0.4) is 0 Å². The van der Waals surface area contributed by atoms with E-state index in [9.17, 15) is 24.3 Å². The van der Waals surface area contributed by atoms with Crippen LogP contribution in [0.2, 0.25) is 0 Å². The summed E-state index contributed by atoms with van der Waals surface area (Å²) in [5.41, 5.74) is 5.80. The number of ether oxygens (including phenoxy) is 2. The summed E-state index contributed by atoms with van der Waals surface area (Å²) in [5.74, 6) is 1.34. The molecule has 326 valence electrons. The molecule has 8 rings (SSSR count). The topological polar surface area (TPSA) is 195 Å². The molecule has 3 aliphatic heterocycles. The van der Waals surface area contributed by atoms with Gasteiger partial charge in [0.15, 0.2) is 0 Å². The van der Waals surface area contributed by atoms with Gasteiger partial charge in [-0.05, 0) is 89.0 Å². The molecule has 3 saturated heterocycles. The number of imidazole rings is 2. The number of rotatable bonds is 11. The van der Waals surface area contributed by atoms with Crippen LogP contribution in [-0.4, -0.2) is 104 Å². The number of nitrogens with one attached hydrogen (secondary N) is 4. The third-order valence-corrected chi connectivity index (χ3v) is 12.8. The average molecular weight is 845 g/mol. The van der Waals surface area contributed by atoms with Crippen LogP contribution < -0.4 is 10.6 Å². The van der Waals surface area contributed by atoms with Gasteiger partial charge in [0, 0.05) is 31.9 Å². The third-order valence-electron chi connectivity index (χ3n) is 12.8. The first kappa shape index (κ1) is 42.5. The van der Waals surface area contributed by atoms with E-state index in [0.29, 0.717) is 45.0 Å². The maximum Gasteiger partial charge on any atom is 0.407 e. The number of carbonyl (C=O) groups is 4. The van der Waals surface area contributed by atoms with Crippen LogP contribution in [0.1, 0.15) is 77.1 Å². The SMILES string of the molecule is COC(=O)N[C@H](C(=O)N1CC(C)CC1c1ncc(-c2ccc3cc(-c4ccc(-c5cnc([C@@H]6C[C@H](C)CN6C(=O)[C@@H](NC(=O)O)C6CCOCC6)[nH]5)cc4)ccc3c2)[nH]1)C(C)C. The number of hydrogen-bond acceptors (Lipinski definition) is 8. The van der Waals surface area contributed by atoms with Gasteiger partial charge in [-0.25, -0.2) is 19.6 Å². The minimum atomic E-state index is -1.20. The minimum absolute atomic E-state index is 0.118. The fourth-order valence-corrected chi connectivity index (χ4v) is 9.46. The number of amides is 4. The number of benzene rings is 3. The zero-order valence-corrected chi connectivity index (χ0v) is 35.9. The predicted octanol–water partition coefficient (Wildman–Crippen LogP) is 7.55. The first-order valence-corrected chi connectivity index (χ1v) is 21.6. The summed E-state index contributed by atoms with van der Waals surface area (Å²) < 4.78 is 10.3. The Labute approximate surface area is 361 Å². The summed E-state index contributed by atoms with van der Waals surface area (Å²) in [4.78, 5) is 71.6. The van der Waals surface area contributed by atoms with Crippen LogP contribution in [0.15, 0.2) is 73.1 Å². The molecule has 0 spiro atoms. The van der Waals surface area contributed by atoms with Crippen LogP contribution >= 0.6 is 0 Å². The Morgan fingerprint density at radius 3 is 1.82 bits per heavy atom. The first-order chi connectivity index (χ1) is 29.9. The van der Waals surface area contributed by atoms with Crippen LogP contribution in [0.5, 0.6) is 0 Å². The number of carbonyl (C=O) groups excluding carboxylic acids is 3. The van der Waals surface area contributed by atoms with Crippen molar-refractivity contribution < 1.29 is 33.8 Å². The van der Waals surface area contributed by atoms with Crippen molar-refractivity contribution >= 4 is 34.8 Å². The smallest absolute Gasteiger partial charge is 0.407 e. The summed E-state index contributed by atoms with van der Waals surface area (Å²) in [5, 5.41) is 17.0. The van der Waals surface area contributed by atoms with Crippen molar-refractivity contribution in [3.63, 3.8) is 0 Å². The van der Waals surface area contributed by atoms with Crippen LogP contribution in [-0.2, 0) is 19.1 Å². The quantitative estimate of drug-likeness (QED) is 0.0892. The minimum Gasteiger partial charge on any atom is -0.465 e. The largest absolute Gasteiger partial charge is 0.465 e. The van der Waals surface area contributed by atoms with Gasteiger partial charge >= 0.3 is 12.2 Å². The van der Waals surface area contributed by atoms with E-state index in [-0.39, 0.29) is 47.6 Å². The molecule has 6 atom stereocenters. The predicted molar refractivity (Wildman–Crippen MR) is 234 cm³/mol. The molecular weight excluding hydrogens is 789 g/mol. The fourth-order valence-electron chi connectivity index (χ4n) is 9.46. The maximum absolute atomic E-state index is 14.0. The second-order valence-electron chi connectivity index (χ2n) is 17.6. The van der Waals surface area contributed by atoms with Crippen molar-refractivity contribution in [1.82, 2.24) is 40.4 Å². The number of hydrogen-bond donors (Lipinski definition) is 5.